The Kier molecular flexibility index (Phi) is 5.01. The van der Waals surface area contributed by atoms with Crippen LogP contribution in [0.25, 0.3) is 0 Å². The van der Waals surface area contributed by atoms with Crippen molar-refractivity contribution >= 4 is 5.97 Å². The third kappa shape index (κ3) is 3.23. The minimum atomic E-state index is -0.183. The van der Waals surface area contributed by atoms with Crippen LogP contribution in [-0.2, 0) is 9.53 Å². The molecular formula is C14H26N2O2. The van der Waals surface area contributed by atoms with E-state index >= 15 is 0 Å². The van der Waals surface area contributed by atoms with Gasteiger partial charge in [0.1, 0.15) is 6.04 Å². The van der Waals surface area contributed by atoms with E-state index < -0.39 is 0 Å². The van der Waals surface area contributed by atoms with Gasteiger partial charge in [0.05, 0.1) is 6.61 Å². The highest BCUT2D eigenvalue weighted by molar-refractivity contribution is 5.75. The Balaban J connectivity index is 1.85. The first-order valence-electron chi connectivity index (χ1n) is 7.38. The predicted octanol–water partition coefficient (Wildman–Crippen LogP) is 1.45. The van der Waals surface area contributed by atoms with Gasteiger partial charge in [0.25, 0.3) is 0 Å². The zero-order chi connectivity index (χ0) is 13.0. The molecule has 2 fully saturated rings. The van der Waals surface area contributed by atoms with Crippen molar-refractivity contribution in [2.24, 2.45) is 5.92 Å². The van der Waals surface area contributed by atoms with Gasteiger partial charge in [-0.2, -0.15) is 0 Å². The average Bonchev–Trinajstić information content (AvgIpc) is 2.98. The molecule has 0 amide bonds. The maximum absolute atomic E-state index is 11.7. The van der Waals surface area contributed by atoms with Crippen molar-refractivity contribution < 1.29 is 9.53 Å². The third-order valence-electron chi connectivity index (χ3n) is 4.29. The highest BCUT2D eigenvalue weighted by Gasteiger charge is 2.36. The number of carbonyl (C=O) groups excluding carboxylic acids is 1. The molecule has 18 heavy (non-hydrogen) atoms. The quantitative estimate of drug-likeness (QED) is 0.729. The molecule has 0 aromatic rings. The second kappa shape index (κ2) is 6.53. The molecule has 2 aliphatic rings. The Labute approximate surface area is 110 Å². The molecule has 0 bridgehead atoms. The third-order valence-corrected chi connectivity index (χ3v) is 4.29. The normalized spacial score (nSPS) is 33.6. The number of rotatable bonds is 5. The topological polar surface area (TPSA) is 50.4 Å². The number of carbonyl (C=O) groups is 1. The fraction of sp³-hybridized carbons (Fsp3) is 0.929. The Hall–Kier alpha value is -0.610. The fourth-order valence-corrected chi connectivity index (χ4v) is 3.41. The van der Waals surface area contributed by atoms with Crippen LogP contribution in [0.3, 0.4) is 0 Å². The second-order valence-electron chi connectivity index (χ2n) is 5.54. The zero-order valence-electron chi connectivity index (χ0n) is 11.6. The van der Waals surface area contributed by atoms with E-state index in [2.05, 4.69) is 10.6 Å². The van der Waals surface area contributed by atoms with Crippen LogP contribution in [0.4, 0.5) is 0 Å². The molecule has 0 aromatic carbocycles. The van der Waals surface area contributed by atoms with Crippen LogP contribution in [0.2, 0.25) is 0 Å². The minimum absolute atomic E-state index is 0.123. The molecule has 0 radical (unpaired) electrons. The summed E-state index contributed by atoms with van der Waals surface area (Å²) in [5.74, 6) is 0.562. The van der Waals surface area contributed by atoms with E-state index in [4.69, 9.17) is 4.74 Å². The standard InChI is InChI=1S/C14H26N2O2/c1-3-18-14(17)10(2)16-13-7-4-6-11(13)12-8-5-9-15-12/h10-13,15-16H,3-9H2,1-2H3. The van der Waals surface area contributed by atoms with E-state index in [9.17, 15) is 4.79 Å². The summed E-state index contributed by atoms with van der Waals surface area (Å²) in [7, 11) is 0. The molecule has 1 aliphatic heterocycles. The van der Waals surface area contributed by atoms with Crippen molar-refractivity contribution in [2.75, 3.05) is 13.2 Å². The Morgan fingerprint density at radius 2 is 2.22 bits per heavy atom. The summed E-state index contributed by atoms with van der Waals surface area (Å²) in [4.78, 5) is 11.7. The van der Waals surface area contributed by atoms with Crippen LogP contribution in [0, 0.1) is 5.92 Å². The minimum Gasteiger partial charge on any atom is -0.465 e. The van der Waals surface area contributed by atoms with Crippen LogP contribution in [-0.4, -0.2) is 37.2 Å². The molecule has 4 heteroatoms. The molecule has 1 saturated heterocycles. The van der Waals surface area contributed by atoms with E-state index in [0.29, 0.717) is 24.6 Å². The fourth-order valence-electron chi connectivity index (χ4n) is 3.41. The summed E-state index contributed by atoms with van der Waals surface area (Å²) in [6.45, 7) is 5.38. The first kappa shape index (κ1) is 13.8. The smallest absolute Gasteiger partial charge is 0.322 e. The van der Waals surface area contributed by atoms with Gasteiger partial charge in [0, 0.05) is 12.1 Å². The number of nitrogens with one attached hydrogen (secondary N) is 2. The first-order valence-corrected chi connectivity index (χ1v) is 7.38. The lowest BCUT2D eigenvalue weighted by Crippen LogP contribution is -2.48. The van der Waals surface area contributed by atoms with Gasteiger partial charge in [-0.1, -0.05) is 6.42 Å². The molecule has 0 spiro atoms. The Morgan fingerprint density at radius 3 is 2.89 bits per heavy atom. The summed E-state index contributed by atoms with van der Waals surface area (Å²) in [6.07, 6.45) is 6.32. The van der Waals surface area contributed by atoms with Gasteiger partial charge in [-0.3, -0.25) is 4.79 Å². The number of ether oxygens (including phenoxy) is 1. The van der Waals surface area contributed by atoms with Gasteiger partial charge in [-0.25, -0.2) is 0 Å². The van der Waals surface area contributed by atoms with Gasteiger partial charge < -0.3 is 15.4 Å². The molecule has 0 aromatic heterocycles. The lowest BCUT2D eigenvalue weighted by atomic mass is 9.92. The molecule has 1 saturated carbocycles. The summed E-state index contributed by atoms with van der Waals surface area (Å²) in [5, 5.41) is 7.08. The van der Waals surface area contributed by atoms with Crippen LogP contribution < -0.4 is 10.6 Å². The lowest BCUT2D eigenvalue weighted by Gasteiger charge is -2.28. The van der Waals surface area contributed by atoms with Crippen LogP contribution in [0.1, 0.15) is 46.0 Å². The largest absolute Gasteiger partial charge is 0.465 e. The highest BCUT2D eigenvalue weighted by atomic mass is 16.5. The monoisotopic (exact) mass is 254 g/mol. The molecule has 1 heterocycles. The summed E-state index contributed by atoms with van der Waals surface area (Å²) in [6, 6.07) is 0.941. The van der Waals surface area contributed by atoms with Crippen molar-refractivity contribution in [1.29, 1.82) is 0 Å². The van der Waals surface area contributed by atoms with Gasteiger partial charge >= 0.3 is 5.97 Å². The second-order valence-corrected chi connectivity index (χ2v) is 5.54. The Bertz CT molecular complexity index is 277. The van der Waals surface area contributed by atoms with E-state index in [1.807, 2.05) is 13.8 Å². The summed E-state index contributed by atoms with van der Waals surface area (Å²) >= 11 is 0. The number of hydrogen-bond donors (Lipinski definition) is 2. The number of hydrogen-bond acceptors (Lipinski definition) is 4. The van der Waals surface area contributed by atoms with Crippen LogP contribution in [0.15, 0.2) is 0 Å². The molecule has 2 N–H and O–H groups in total. The zero-order valence-corrected chi connectivity index (χ0v) is 11.6. The highest BCUT2D eigenvalue weighted by Crippen LogP contribution is 2.32. The van der Waals surface area contributed by atoms with Gasteiger partial charge in [0.15, 0.2) is 0 Å². The maximum Gasteiger partial charge on any atom is 0.322 e. The van der Waals surface area contributed by atoms with E-state index in [-0.39, 0.29) is 12.0 Å². The van der Waals surface area contributed by atoms with Crippen molar-refractivity contribution in [3.63, 3.8) is 0 Å². The summed E-state index contributed by atoms with van der Waals surface area (Å²) < 4.78 is 5.06. The van der Waals surface area contributed by atoms with Crippen LogP contribution in [0.5, 0.6) is 0 Å². The van der Waals surface area contributed by atoms with E-state index in [1.165, 1.54) is 32.1 Å². The molecular weight excluding hydrogens is 228 g/mol. The van der Waals surface area contributed by atoms with Crippen molar-refractivity contribution in [1.82, 2.24) is 10.6 Å². The predicted molar refractivity (Wildman–Crippen MR) is 71.4 cm³/mol. The first-order chi connectivity index (χ1) is 8.72. The maximum atomic E-state index is 11.7. The average molecular weight is 254 g/mol. The Morgan fingerprint density at radius 1 is 1.39 bits per heavy atom. The van der Waals surface area contributed by atoms with Crippen molar-refractivity contribution in [2.45, 2.75) is 64.1 Å². The van der Waals surface area contributed by atoms with E-state index in [1.54, 1.807) is 0 Å². The molecule has 1 aliphatic carbocycles. The molecule has 4 atom stereocenters. The molecule has 4 nitrogen and oxygen atoms in total. The van der Waals surface area contributed by atoms with Crippen molar-refractivity contribution in [3.8, 4) is 0 Å². The molecule has 4 unspecified atom stereocenters. The number of esters is 1. The lowest BCUT2D eigenvalue weighted by molar-refractivity contribution is -0.145. The van der Waals surface area contributed by atoms with E-state index in [0.717, 1.165) is 6.54 Å². The van der Waals surface area contributed by atoms with Gasteiger partial charge in [0.2, 0.25) is 0 Å². The van der Waals surface area contributed by atoms with Gasteiger partial charge in [-0.15, -0.1) is 0 Å². The SMILES string of the molecule is CCOC(=O)C(C)NC1CCCC1C1CCCN1. The van der Waals surface area contributed by atoms with Crippen LogP contribution >= 0.6 is 0 Å². The van der Waals surface area contributed by atoms with Gasteiger partial charge in [-0.05, 0) is 52.0 Å². The molecule has 2 rings (SSSR count). The van der Waals surface area contributed by atoms with Crippen molar-refractivity contribution in [3.05, 3.63) is 0 Å². The molecule has 104 valence electrons. The summed E-state index contributed by atoms with van der Waals surface area (Å²) in [5.41, 5.74) is 0.